The van der Waals surface area contributed by atoms with Crippen LogP contribution in [0.1, 0.15) is 45.9 Å². The van der Waals surface area contributed by atoms with Crippen LogP contribution in [0.4, 0.5) is 5.69 Å². The van der Waals surface area contributed by atoms with Gasteiger partial charge in [0.1, 0.15) is 0 Å². The Labute approximate surface area is 200 Å². The van der Waals surface area contributed by atoms with E-state index in [1.54, 1.807) is 0 Å². The molecule has 33 heavy (non-hydrogen) atoms. The number of nitrogens with one attached hydrogen (secondary N) is 1. The minimum absolute atomic E-state index is 0.0156. The van der Waals surface area contributed by atoms with Gasteiger partial charge in [-0.1, -0.05) is 36.4 Å². The number of hydrogen-bond donors (Lipinski definition) is 1. The van der Waals surface area contributed by atoms with Gasteiger partial charge in [0.15, 0.2) is 5.11 Å². The van der Waals surface area contributed by atoms with Gasteiger partial charge in [-0.15, -0.1) is 0 Å². The van der Waals surface area contributed by atoms with Gasteiger partial charge in [-0.3, -0.25) is 4.98 Å². The van der Waals surface area contributed by atoms with Gasteiger partial charge in [0.05, 0.1) is 17.8 Å². The summed E-state index contributed by atoms with van der Waals surface area (Å²) < 4.78 is 2.36. The molecular weight excluding hydrogens is 424 g/mol. The fraction of sp³-hybridized carbons (Fsp3) is 0.214. The molecule has 166 valence electrons. The average Bonchev–Trinajstić information content (AvgIpc) is 3.30. The highest BCUT2D eigenvalue weighted by atomic mass is 32.1. The van der Waals surface area contributed by atoms with E-state index < -0.39 is 0 Å². The maximum Gasteiger partial charge on any atom is 0.174 e. The van der Waals surface area contributed by atoms with Crippen molar-refractivity contribution in [2.24, 2.45) is 0 Å². The molecular formula is C28H28N4S. The highest BCUT2D eigenvalue weighted by Crippen LogP contribution is 2.44. The molecule has 1 N–H and O–H groups in total. The van der Waals surface area contributed by atoms with Crippen molar-refractivity contribution in [2.45, 2.75) is 39.8 Å². The zero-order valence-corrected chi connectivity index (χ0v) is 20.2. The molecule has 1 saturated heterocycles. The van der Waals surface area contributed by atoms with Crippen LogP contribution in [-0.2, 0) is 0 Å². The Morgan fingerprint density at radius 2 is 1.67 bits per heavy atom. The molecule has 0 unspecified atom stereocenters. The van der Waals surface area contributed by atoms with Crippen molar-refractivity contribution in [2.75, 3.05) is 4.90 Å². The van der Waals surface area contributed by atoms with Gasteiger partial charge in [-0.05, 0) is 93.0 Å². The van der Waals surface area contributed by atoms with E-state index in [-0.39, 0.29) is 12.1 Å². The summed E-state index contributed by atoms with van der Waals surface area (Å²) in [5.41, 5.74) is 9.43. The number of aryl methyl sites for hydroxylation is 3. The number of pyridine rings is 1. The molecule has 5 heteroatoms. The third-order valence-corrected chi connectivity index (χ3v) is 6.84. The van der Waals surface area contributed by atoms with Crippen LogP contribution in [0.3, 0.4) is 0 Å². The molecule has 1 aliphatic rings. The molecule has 1 fully saturated rings. The van der Waals surface area contributed by atoms with Crippen molar-refractivity contribution >= 4 is 23.0 Å². The maximum absolute atomic E-state index is 5.90. The minimum Gasteiger partial charge on any atom is -0.351 e. The first-order valence-corrected chi connectivity index (χ1v) is 11.7. The maximum atomic E-state index is 5.90. The van der Waals surface area contributed by atoms with Crippen LogP contribution in [-0.4, -0.2) is 14.7 Å². The van der Waals surface area contributed by atoms with Crippen molar-refractivity contribution in [3.8, 4) is 5.69 Å². The Balaban J connectivity index is 1.70. The van der Waals surface area contributed by atoms with Crippen molar-refractivity contribution < 1.29 is 0 Å². The van der Waals surface area contributed by atoms with E-state index in [9.17, 15) is 0 Å². The first-order chi connectivity index (χ1) is 16.0. The van der Waals surface area contributed by atoms with Gasteiger partial charge in [0.25, 0.3) is 0 Å². The Bertz CT molecular complexity index is 1320. The predicted molar refractivity (Wildman–Crippen MR) is 139 cm³/mol. The lowest BCUT2D eigenvalue weighted by Crippen LogP contribution is -2.29. The van der Waals surface area contributed by atoms with E-state index in [1.165, 1.54) is 33.8 Å². The number of rotatable bonds is 4. The van der Waals surface area contributed by atoms with Gasteiger partial charge in [0.2, 0.25) is 0 Å². The van der Waals surface area contributed by atoms with E-state index in [0.29, 0.717) is 0 Å². The lowest BCUT2D eigenvalue weighted by molar-refractivity contribution is 0.565. The SMILES string of the molecule is Cc1cccc(N2C(=S)N[C@@H](c3ccccn3)[C@@H]2c2cc(C)n(-c3ccccc3C)c2C)c1. The fourth-order valence-electron chi connectivity index (χ4n) is 5.00. The third kappa shape index (κ3) is 3.72. The summed E-state index contributed by atoms with van der Waals surface area (Å²) in [6.07, 6.45) is 1.85. The Morgan fingerprint density at radius 1 is 0.879 bits per heavy atom. The van der Waals surface area contributed by atoms with Gasteiger partial charge in [0, 0.05) is 29.0 Å². The van der Waals surface area contributed by atoms with Crippen LogP contribution in [0.2, 0.25) is 0 Å². The van der Waals surface area contributed by atoms with Crippen LogP contribution in [0.5, 0.6) is 0 Å². The number of anilines is 1. The zero-order valence-electron chi connectivity index (χ0n) is 19.4. The monoisotopic (exact) mass is 452 g/mol. The Kier molecular flexibility index (Phi) is 5.51. The molecule has 0 radical (unpaired) electrons. The summed E-state index contributed by atoms with van der Waals surface area (Å²) in [7, 11) is 0. The molecule has 2 aromatic carbocycles. The van der Waals surface area contributed by atoms with Crippen molar-refractivity contribution in [1.29, 1.82) is 0 Å². The molecule has 0 saturated carbocycles. The van der Waals surface area contributed by atoms with Crippen molar-refractivity contribution in [3.63, 3.8) is 0 Å². The summed E-state index contributed by atoms with van der Waals surface area (Å²) >= 11 is 5.90. The topological polar surface area (TPSA) is 33.1 Å². The Hall–Kier alpha value is -3.44. The third-order valence-electron chi connectivity index (χ3n) is 6.52. The average molecular weight is 453 g/mol. The molecule has 2 aromatic heterocycles. The second-order valence-corrected chi connectivity index (χ2v) is 9.17. The molecule has 2 atom stereocenters. The van der Waals surface area contributed by atoms with E-state index in [4.69, 9.17) is 17.2 Å². The zero-order chi connectivity index (χ0) is 23.1. The van der Waals surface area contributed by atoms with Crippen LogP contribution in [0.15, 0.2) is 79.0 Å². The van der Waals surface area contributed by atoms with Crippen molar-refractivity contribution in [1.82, 2.24) is 14.9 Å². The summed E-state index contributed by atoms with van der Waals surface area (Å²) in [5.74, 6) is 0. The number of para-hydroxylation sites is 1. The van der Waals surface area contributed by atoms with Gasteiger partial charge in [-0.25, -0.2) is 0 Å². The number of benzene rings is 2. The second-order valence-electron chi connectivity index (χ2n) is 8.78. The fourth-order valence-corrected chi connectivity index (χ4v) is 5.34. The summed E-state index contributed by atoms with van der Waals surface area (Å²) in [5, 5.41) is 4.30. The van der Waals surface area contributed by atoms with Crippen LogP contribution in [0.25, 0.3) is 5.69 Å². The van der Waals surface area contributed by atoms with E-state index in [0.717, 1.165) is 16.5 Å². The predicted octanol–water partition coefficient (Wildman–Crippen LogP) is 6.28. The van der Waals surface area contributed by atoms with Crippen LogP contribution < -0.4 is 10.2 Å². The largest absolute Gasteiger partial charge is 0.351 e. The summed E-state index contributed by atoms with van der Waals surface area (Å²) in [6.45, 7) is 8.66. The molecule has 0 spiro atoms. The van der Waals surface area contributed by atoms with Gasteiger partial charge < -0.3 is 14.8 Å². The quantitative estimate of drug-likeness (QED) is 0.369. The second kappa shape index (κ2) is 8.49. The molecule has 4 nitrogen and oxygen atoms in total. The molecule has 3 heterocycles. The van der Waals surface area contributed by atoms with E-state index >= 15 is 0 Å². The highest BCUT2D eigenvalue weighted by Gasteiger charge is 2.42. The number of nitrogens with zero attached hydrogens (tertiary/aromatic N) is 3. The Morgan fingerprint density at radius 3 is 2.39 bits per heavy atom. The summed E-state index contributed by atoms with van der Waals surface area (Å²) in [4.78, 5) is 6.95. The molecule has 0 bridgehead atoms. The molecule has 4 aromatic rings. The lowest BCUT2D eigenvalue weighted by Gasteiger charge is -2.28. The van der Waals surface area contributed by atoms with E-state index in [1.807, 2.05) is 18.3 Å². The first kappa shape index (κ1) is 21.4. The number of hydrogen-bond acceptors (Lipinski definition) is 2. The first-order valence-electron chi connectivity index (χ1n) is 11.3. The van der Waals surface area contributed by atoms with Gasteiger partial charge >= 0.3 is 0 Å². The van der Waals surface area contributed by atoms with Crippen molar-refractivity contribution in [3.05, 3.63) is 113 Å². The molecule has 0 aliphatic carbocycles. The van der Waals surface area contributed by atoms with E-state index in [2.05, 4.69) is 103 Å². The minimum atomic E-state index is -0.0509. The normalized spacial score (nSPS) is 17.9. The molecule has 5 rings (SSSR count). The van der Waals surface area contributed by atoms with Crippen LogP contribution >= 0.6 is 12.2 Å². The molecule has 1 aliphatic heterocycles. The highest BCUT2D eigenvalue weighted by molar-refractivity contribution is 7.80. The summed E-state index contributed by atoms with van der Waals surface area (Å²) in [6, 6.07) is 25.4. The smallest absolute Gasteiger partial charge is 0.174 e. The number of thiocarbonyl (C=S) groups is 1. The number of aromatic nitrogens is 2. The molecule has 0 amide bonds. The van der Waals surface area contributed by atoms with Gasteiger partial charge in [-0.2, -0.15) is 0 Å². The standard InChI is InChI=1S/C28H28N4S/c1-18-10-9-12-22(16-18)32-27(26(30-28(32)33)24-13-7-8-15-29-24)23-17-20(3)31(21(23)4)25-14-6-5-11-19(25)2/h5-17,26-27H,1-4H3,(H,30,33)/t26-,27-/m0/s1. The van der Waals surface area contributed by atoms with Crippen LogP contribution in [0, 0.1) is 27.7 Å². The lowest BCUT2D eigenvalue weighted by atomic mass is 9.96.